The first-order valence-corrected chi connectivity index (χ1v) is 13.6. The Morgan fingerprint density at radius 1 is 0.882 bits per heavy atom. The van der Waals surface area contributed by atoms with E-state index in [1.54, 1.807) is 36.5 Å². The van der Waals surface area contributed by atoms with Crippen LogP contribution in [0.4, 0.5) is 15.8 Å². The number of sulfonamides is 2. The second kappa shape index (κ2) is 8.54. The van der Waals surface area contributed by atoms with Gasteiger partial charge < -0.3 is 4.98 Å². The van der Waals surface area contributed by atoms with E-state index in [0.29, 0.717) is 27.8 Å². The molecule has 0 saturated heterocycles. The summed E-state index contributed by atoms with van der Waals surface area (Å²) in [6.07, 6.45) is 4.96. The number of hydrogen-bond acceptors (Lipinski definition) is 6. The average molecular weight is 503 g/mol. The maximum absolute atomic E-state index is 14.5. The van der Waals surface area contributed by atoms with Gasteiger partial charge in [0.2, 0.25) is 20.0 Å². The van der Waals surface area contributed by atoms with E-state index in [9.17, 15) is 26.0 Å². The number of hydrogen-bond donors (Lipinski definition) is 3. The van der Waals surface area contributed by atoms with E-state index in [2.05, 4.69) is 19.4 Å². The summed E-state index contributed by atoms with van der Waals surface area (Å²) in [7, 11) is -7.08. The van der Waals surface area contributed by atoms with Crippen LogP contribution in [-0.4, -0.2) is 45.1 Å². The number of ketones is 1. The first-order chi connectivity index (χ1) is 15.9. The summed E-state index contributed by atoms with van der Waals surface area (Å²) in [5.74, 6) is -1.46. The average Bonchev–Trinajstić information content (AvgIpc) is 3.16. The van der Waals surface area contributed by atoms with Crippen LogP contribution in [0.2, 0.25) is 0 Å². The van der Waals surface area contributed by atoms with E-state index in [1.807, 2.05) is 0 Å². The zero-order chi connectivity index (χ0) is 24.7. The molecule has 4 aromatic rings. The van der Waals surface area contributed by atoms with E-state index in [4.69, 9.17) is 0 Å². The van der Waals surface area contributed by atoms with Gasteiger partial charge in [-0.25, -0.2) is 26.2 Å². The predicted molar refractivity (Wildman–Crippen MR) is 128 cm³/mol. The smallest absolute Gasteiger partial charge is 0.229 e. The molecule has 0 bridgehead atoms. The van der Waals surface area contributed by atoms with E-state index in [0.717, 1.165) is 24.6 Å². The first kappa shape index (κ1) is 23.4. The molecule has 176 valence electrons. The minimum Gasteiger partial charge on any atom is -0.345 e. The molecule has 2 aromatic carbocycles. The van der Waals surface area contributed by atoms with Crippen molar-refractivity contribution >= 4 is 48.2 Å². The van der Waals surface area contributed by atoms with Crippen molar-refractivity contribution in [3.05, 3.63) is 77.9 Å². The molecule has 0 radical (unpaired) electrons. The Hall–Kier alpha value is -3.77. The highest BCUT2D eigenvalue weighted by atomic mass is 32.2. The van der Waals surface area contributed by atoms with Crippen LogP contribution in [0, 0.1) is 5.82 Å². The van der Waals surface area contributed by atoms with Gasteiger partial charge in [-0.2, -0.15) is 0 Å². The van der Waals surface area contributed by atoms with Gasteiger partial charge >= 0.3 is 0 Å². The standard InChI is InChI=1S/C22H19FN4O5S2/c1-33(29,30)26-15-5-3-4-13(8-15)14-9-17-19(12-25-22(17)24-11-14)21(28)18-10-16(6-7-20(18)23)27-34(2,31)32/h3-12,26-27H,1-2H3,(H,24,25). The highest BCUT2D eigenvalue weighted by Gasteiger charge is 2.20. The summed E-state index contributed by atoms with van der Waals surface area (Å²) in [5, 5.41) is 0.421. The third-order valence-electron chi connectivity index (χ3n) is 4.79. The van der Waals surface area contributed by atoms with Crippen LogP contribution in [0.5, 0.6) is 0 Å². The lowest BCUT2D eigenvalue weighted by atomic mass is 10.00. The van der Waals surface area contributed by atoms with E-state index >= 15 is 0 Å². The fourth-order valence-corrected chi connectivity index (χ4v) is 4.56. The Labute approximate surface area is 195 Å². The van der Waals surface area contributed by atoms with Gasteiger partial charge in [-0.15, -0.1) is 0 Å². The van der Waals surface area contributed by atoms with Crippen molar-refractivity contribution in [1.82, 2.24) is 9.97 Å². The second-order valence-electron chi connectivity index (χ2n) is 7.68. The monoisotopic (exact) mass is 502 g/mol. The summed E-state index contributed by atoms with van der Waals surface area (Å²) in [6.45, 7) is 0. The Kier molecular flexibility index (Phi) is 5.87. The van der Waals surface area contributed by atoms with Gasteiger partial charge in [0.1, 0.15) is 11.5 Å². The summed E-state index contributed by atoms with van der Waals surface area (Å²) in [6, 6.07) is 11.7. The molecule has 0 aliphatic rings. The van der Waals surface area contributed by atoms with Crippen molar-refractivity contribution in [1.29, 1.82) is 0 Å². The maximum atomic E-state index is 14.5. The van der Waals surface area contributed by atoms with Gasteiger partial charge in [0.05, 0.1) is 18.1 Å². The summed E-state index contributed by atoms with van der Waals surface area (Å²) in [5.41, 5.74) is 1.90. The molecular weight excluding hydrogens is 483 g/mol. The SMILES string of the molecule is CS(=O)(=O)Nc1cccc(-c2cnc3[nH]cc(C(=O)c4cc(NS(C)(=O)=O)ccc4F)c3c2)c1. The molecular formula is C22H19FN4O5S2. The van der Waals surface area contributed by atoms with Crippen LogP contribution in [0.1, 0.15) is 15.9 Å². The Morgan fingerprint density at radius 3 is 2.24 bits per heavy atom. The quantitative estimate of drug-likeness (QED) is 0.331. The normalized spacial score (nSPS) is 12.0. The zero-order valence-corrected chi connectivity index (χ0v) is 19.6. The van der Waals surface area contributed by atoms with Gasteiger partial charge in [-0.1, -0.05) is 12.1 Å². The molecule has 0 unspecified atom stereocenters. The first-order valence-electron chi connectivity index (χ1n) is 9.77. The van der Waals surface area contributed by atoms with Crippen LogP contribution >= 0.6 is 0 Å². The number of pyridine rings is 1. The van der Waals surface area contributed by atoms with Crippen LogP contribution in [-0.2, 0) is 20.0 Å². The van der Waals surface area contributed by atoms with Crippen molar-refractivity contribution < 1.29 is 26.0 Å². The number of carbonyl (C=O) groups excluding carboxylic acids is 1. The lowest BCUT2D eigenvalue weighted by Gasteiger charge is -2.08. The van der Waals surface area contributed by atoms with Crippen LogP contribution < -0.4 is 9.44 Å². The fraction of sp³-hybridized carbons (Fsp3) is 0.0909. The topological polar surface area (TPSA) is 138 Å². The summed E-state index contributed by atoms with van der Waals surface area (Å²) < 4.78 is 65.2. The molecule has 2 heterocycles. The molecule has 0 saturated carbocycles. The van der Waals surface area contributed by atoms with Crippen LogP contribution in [0.15, 0.2) is 60.9 Å². The Balaban J connectivity index is 1.75. The fourth-order valence-electron chi connectivity index (χ4n) is 3.45. The third-order valence-corrected chi connectivity index (χ3v) is 6.00. The number of fused-ring (bicyclic) bond motifs is 1. The molecule has 2 aromatic heterocycles. The molecule has 3 N–H and O–H groups in total. The van der Waals surface area contributed by atoms with E-state index in [1.165, 1.54) is 12.3 Å². The van der Waals surface area contributed by atoms with Gasteiger partial charge in [-0.3, -0.25) is 14.2 Å². The number of rotatable bonds is 7. The highest BCUT2D eigenvalue weighted by Crippen LogP contribution is 2.29. The van der Waals surface area contributed by atoms with Crippen molar-refractivity contribution in [3.8, 4) is 11.1 Å². The van der Waals surface area contributed by atoms with Crippen molar-refractivity contribution in [3.63, 3.8) is 0 Å². The second-order valence-corrected chi connectivity index (χ2v) is 11.2. The maximum Gasteiger partial charge on any atom is 0.229 e. The van der Waals surface area contributed by atoms with E-state index in [-0.39, 0.29) is 16.8 Å². The number of carbonyl (C=O) groups is 1. The number of anilines is 2. The molecule has 12 heteroatoms. The number of halogens is 1. The number of aromatic amines is 1. The van der Waals surface area contributed by atoms with Crippen molar-refractivity contribution in [2.45, 2.75) is 0 Å². The Bertz CT molecular complexity index is 1650. The largest absolute Gasteiger partial charge is 0.345 e. The summed E-state index contributed by atoms with van der Waals surface area (Å²) in [4.78, 5) is 20.4. The molecule has 0 aliphatic heterocycles. The van der Waals surface area contributed by atoms with Crippen molar-refractivity contribution in [2.75, 3.05) is 22.0 Å². The van der Waals surface area contributed by atoms with Gasteiger partial charge in [0.25, 0.3) is 0 Å². The molecule has 0 spiro atoms. The van der Waals surface area contributed by atoms with Crippen LogP contribution in [0.3, 0.4) is 0 Å². The molecule has 34 heavy (non-hydrogen) atoms. The van der Waals surface area contributed by atoms with Crippen LogP contribution in [0.25, 0.3) is 22.2 Å². The molecule has 9 nitrogen and oxygen atoms in total. The molecule has 0 fully saturated rings. The number of H-pyrrole nitrogens is 1. The number of benzene rings is 2. The highest BCUT2D eigenvalue weighted by molar-refractivity contribution is 7.92. The summed E-state index contributed by atoms with van der Waals surface area (Å²) >= 11 is 0. The number of nitrogens with one attached hydrogen (secondary N) is 3. The lowest BCUT2D eigenvalue weighted by Crippen LogP contribution is -2.11. The Morgan fingerprint density at radius 2 is 1.56 bits per heavy atom. The van der Waals surface area contributed by atoms with E-state index < -0.39 is 31.6 Å². The predicted octanol–water partition coefficient (Wildman–Crippen LogP) is 3.34. The van der Waals surface area contributed by atoms with Gasteiger partial charge in [0, 0.05) is 40.3 Å². The number of nitrogens with zero attached hydrogens (tertiary/aromatic N) is 1. The minimum atomic E-state index is -3.61. The number of aromatic nitrogens is 2. The molecule has 0 atom stereocenters. The minimum absolute atomic E-state index is 0.0566. The lowest BCUT2D eigenvalue weighted by molar-refractivity contribution is 0.103. The zero-order valence-electron chi connectivity index (χ0n) is 18.0. The molecule has 0 amide bonds. The molecule has 0 aliphatic carbocycles. The van der Waals surface area contributed by atoms with Gasteiger partial charge in [0.15, 0.2) is 5.78 Å². The molecule has 4 rings (SSSR count). The van der Waals surface area contributed by atoms with Crippen molar-refractivity contribution in [2.24, 2.45) is 0 Å². The van der Waals surface area contributed by atoms with Gasteiger partial charge in [-0.05, 0) is 42.0 Å². The third kappa shape index (κ3) is 5.24.